The van der Waals surface area contributed by atoms with Crippen molar-refractivity contribution in [1.29, 1.82) is 0 Å². The number of hydrogen-bond donors (Lipinski definition) is 0. The molecule has 102 valence electrons. The Bertz CT molecular complexity index is 527. The van der Waals surface area contributed by atoms with Crippen LogP contribution in [0.25, 0.3) is 0 Å². The minimum Gasteiger partial charge on any atom is -0.342 e. The van der Waals surface area contributed by atoms with Crippen LogP contribution in [0.5, 0.6) is 0 Å². The second-order valence-electron chi connectivity index (χ2n) is 4.10. The molecule has 6 nitrogen and oxygen atoms in total. The number of carbonyl (C=O) groups excluding carboxylic acids is 1. The molecule has 1 aliphatic rings. The first kappa shape index (κ1) is 13.9. The summed E-state index contributed by atoms with van der Waals surface area (Å²) in [6.07, 6.45) is 0. The largest absolute Gasteiger partial charge is 0.342 e. The molecule has 1 amide bonds. The molecule has 1 fully saturated rings. The number of nitro benzene ring substituents is 1. The van der Waals surface area contributed by atoms with E-state index in [1.807, 2.05) is 6.92 Å². The highest BCUT2D eigenvalue weighted by molar-refractivity contribution is 6.39. The zero-order valence-corrected chi connectivity index (χ0v) is 11.6. The van der Waals surface area contributed by atoms with E-state index in [4.69, 9.17) is 23.2 Å². The van der Waals surface area contributed by atoms with E-state index >= 15 is 0 Å². The van der Waals surface area contributed by atoms with Crippen LogP contribution in [-0.4, -0.2) is 35.5 Å². The standard InChI is InChI=1S/C11H11Cl2N3O3/c1-2-14-6-15(5-10(14)17)11-8(12)3-7(16(18)19)4-9(11)13/h3-4H,2,5-6H2,1H3. The van der Waals surface area contributed by atoms with Crippen LogP contribution < -0.4 is 4.90 Å². The van der Waals surface area contributed by atoms with Crippen molar-refractivity contribution >= 4 is 40.5 Å². The monoisotopic (exact) mass is 303 g/mol. The molecule has 19 heavy (non-hydrogen) atoms. The molecule has 1 aliphatic heterocycles. The van der Waals surface area contributed by atoms with Gasteiger partial charge in [0.15, 0.2) is 0 Å². The molecule has 0 N–H and O–H groups in total. The average molecular weight is 304 g/mol. The number of halogens is 2. The first-order chi connectivity index (χ1) is 8.93. The second kappa shape index (κ2) is 5.22. The summed E-state index contributed by atoms with van der Waals surface area (Å²) >= 11 is 12.1. The van der Waals surface area contributed by atoms with Gasteiger partial charge in [-0.1, -0.05) is 23.2 Å². The summed E-state index contributed by atoms with van der Waals surface area (Å²) in [5.41, 5.74) is 0.287. The second-order valence-corrected chi connectivity index (χ2v) is 4.92. The van der Waals surface area contributed by atoms with E-state index in [2.05, 4.69) is 0 Å². The Hall–Kier alpha value is -1.53. The Morgan fingerprint density at radius 1 is 1.37 bits per heavy atom. The molecule has 1 heterocycles. The van der Waals surface area contributed by atoms with Crippen molar-refractivity contribution in [1.82, 2.24) is 4.90 Å². The van der Waals surface area contributed by atoms with E-state index in [9.17, 15) is 14.9 Å². The lowest BCUT2D eigenvalue weighted by Gasteiger charge is -2.20. The summed E-state index contributed by atoms with van der Waals surface area (Å²) in [5, 5.41) is 11.0. The van der Waals surface area contributed by atoms with Crippen molar-refractivity contribution in [3.8, 4) is 0 Å². The van der Waals surface area contributed by atoms with Crippen LogP contribution in [0.15, 0.2) is 12.1 Å². The van der Waals surface area contributed by atoms with Gasteiger partial charge >= 0.3 is 0 Å². The molecule has 1 aromatic rings. The Morgan fingerprint density at radius 3 is 2.37 bits per heavy atom. The highest BCUT2D eigenvalue weighted by Gasteiger charge is 2.29. The fourth-order valence-electron chi connectivity index (χ4n) is 1.98. The number of amides is 1. The van der Waals surface area contributed by atoms with Crippen molar-refractivity contribution < 1.29 is 9.72 Å². The van der Waals surface area contributed by atoms with Crippen LogP contribution in [0.1, 0.15) is 6.92 Å². The minimum absolute atomic E-state index is 0.0204. The molecule has 0 unspecified atom stereocenters. The van der Waals surface area contributed by atoms with Gasteiger partial charge in [-0.3, -0.25) is 14.9 Å². The van der Waals surface area contributed by atoms with Gasteiger partial charge < -0.3 is 9.80 Å². The number of rotatable bonds is 3. The number of hydrogen-bond acceptors (Lipinski definition) is 4. The van der Waals surface area contributed by atoms with Gasteiger partial charge in [-0.15, -0.1) is 0 Å². The lowest BCUT2D eigenvalue weighted by atomic mass is 10.2. The van der Waals surface area contributed by atoms with Gasteiger partial charge in [-0.25, -0.2) is 0 Å². The zero-order valence-electron chi connectivity index (χ0n) is 10.1. The summed E-state index contributed by atoms with van der Waals surface area (Å²) in [7, 11) is 0. The van der Waals surface area contributed by atoms with Crippen molar-refractivity contribution in [2.24, 2.45) is 0 Å². The molecule has 0 spiro atoms. The van der Waals surface area contributed by atoms with Gasteiger partial charge in [0.2, 0.25) is 5.91 Å². The molecule has 8 heteroatoms. The fraction of sp³-hybridized carbons (Fsp3) is 0.364. The molecule has 0 saturated carbocycles. The number of nitrogens with zero attached hydrogens (tertiary/aromatic N) is 3. The molecular weight excluding hydrogens is 293 g/mol. The number of anilines is 1. The van der Waals surface area contributed by atoms with Crippen LogP contribution in [0.4, 0.5) is 11.4 Å². The van der Waals surface area contributed by atoms with Crippen LogP contribution in [0.3, 0.4) is 0 Å². The van der Waals surface area contributed by atoms with E-state index in [1.165, 1.54) is 12.1 Å². The molecule has 0 radical (unpaired) electrons. The molecule has 0 atom stereocenters. The summed E-state index contributed by atoms with van der Waals surface area (Å²) in [5.74, 6) is -0.0204. The van der Waals surface area contributed by atoms with E-state index in [-0.39, 0.29) is 28.2 Å². The maximum Gasteiger partial charge on any atom is 0.272 e. The first-order valence-corrected chi connectivity index (χ1v) is 6.35. The Kier molecular flexibility index (Phi) is 3.82. The summed E-state index contributed by atoms with van der Waals surface area (Å²) in [4.78, 5) is 25.2. The van der Waals surface area contributed by atoms with Gasteiger partial charge in [0, 0.05) is 18.7 Å². The Morgan fingerprint density at radius 2 is 1.95 bits per heavy atom. The summed E-state index contributed by atoms with van der Waals surface area (Å²) in [6.45, 7) is 3.02. The van der Waals surface area contributed by atoms with Crippen LogP contribution in [0, 0.1) is 10.1 Å². The van der Waals surface area contributed by atoms with E-state index in [0.717, 1.165) is 0 Å². The SMILES string of the molecule is CCN1CN(c2c(Cl)cc([N+](=O)[O-])cc2Cl)CC1=O. The van der Waals surface area contributed by atoms with Gasteiger partial charge in [0.25, 0.3) is 5.69 Å². The zero-order chi connectivity index (χ0) is 14.2. The Labute approximate surface area is 119 Å². The number of nitro groups is 1. The molecule has 0 aliphatic carbocycles. The summed E-state index contributed by atoms with van der Waals surface area (Å²) < 4.78 is 0. The summed E-state index contributed by atoms with van der Waals surface area (Å²) in [6, 6.07) is 2.48. The van der Waals surface area contributed by atoms with Gasteiger partial charge in [-0.05, 0) is 6.92 Å². The maximum atomic E-state index is 11.7. The van der Waals surface area contributed by atoms with Crippen molar-refractivity contribution in [3.05, 3.63) is 32.3 Å². The van der Waals surface area contributed by atoms with E-state index in [0.29, 0.717) is 18.9 Å². The average Bonchev–Trinajstić information content (AvgIpc) is 2.69. The first-order valence-electron chi connectivity index (χ1n) is 5.60. The smallest absolute Gasteiger partial charge is 0.272 e. The molecule has 0 aromatic heterocycles. The molecule has 1 aromatic carbocycles. The highest BCUT2D eigenvalue weighted by atomic mass is 35.5. The maximum absolute atomic E-state index is 11.7. The number of carbonyl (C=O) groups is 1. The number of likely N-dealkylation sites (N-methyl/N-ethyl adjacent to an activating group) is 1. The Balaban J connectivity index is 2.36. The molecule has 1 saturated heterocycles. The molecule has 2 rings (SSSR count). The number of benzene rings is 1. The van der Waals surface area contributed by atoms with Gasteiger partial charge in [0.05, 0.1) is 33.9 Å². The topological polar surface area (TPSA) is 66.7 Å². The third-order valence-corrected chi connectivity index (χ3v) is 3.51. The van der Waals surface area contributed by atoms with Gasteiger partial charge in [-0.2, -0.15) is 0 Å². The van der Waals surface area contributed by atoms with Crippen molar-refractivity contribution in [3.63, 3.8) is 0 Å². The van der Waals surface area contributed by atoms with Crippen LogP contribution >= 0.6 is 23.2 Å². The predicted molar refractivity (Wildman–Crippen MR) is 72.7 cm³/mol. The van der Waals surface area contributed by atoms with Crippen LogP contribution in [0.2, 0.25) is 10.0 Å². The van der Waals surface area contributed by atoms with Crippen molar-refractivity contribution in [2.45, 2.75) is 6.92 Å². The van der Waals surface area contributed by atoms with E-state index in [1.54, 1.807) is 9.80 Å². The lowest BCUT2D eigenvalue weighted by molar-refractivity contribution is -0.384. The normalized spacial score (nSPS) is 15.2. The minimum atomic E-state index is -0.560. The van der Waals surface area contributed by atoms with E-state index < -0.39 is 4.92 Å². The van der Waals surface area contributed by atoms with Crippen molar-refractivity contribution in [2.75, 3.05) is 24.7 Å². The predicted octanol–water partition coefficient (Wildman–Crippen LogP) is 2.53. The number of non-ortho nitro benzene ring substituents is 1. The van der Waals surface area contributed by atoms with Crippen LogP contribution in [-0.2, 0) is 4.79 Å². The van der Waals surface area contributed by atoms with Gasteiger partial charge in [0.1, 0.15) is 0 Å². The highest BCUT2D eigenvalue weighted by Crippen LogP contribution is 2.38. The quantitative estimate of drug-likeness (QED) is 0.635. The third kappa shape index (κ3) is 2.59. The molecule has 0 bridgehead atoms. The lowest BCUT2D eigenvalue weighted by Crippen LogP contribution is -2.26. The molecular formula is C11H11Cl2N3O3. The third-order valence-electron chi connectivity index (χ3n) is 2.93. The fourth-order valence-corrected chi connectivity index (χ4v) is 2.70.